The number of aliphatic hydroxyl groups excluding tert-OH is 1. The minimum absolute atomic E-state index is 0.0185. The van der Waals surface area contributed by atoms with E-state index in [4.69, 9.17) is 0 Å². The molecule has 0 saturated carbocycles. The van der Waals surface area contributed by atoms with Gasteiger partial charge in [0, 0.05) is 49.3 Å². The third-order valence-corrected chi connectivity index (χ3v) is 16.4. The molecule has 0 spiro atoms. The van der Waals surface area contributed by atoms with Crippen molar-refractivity contribution in [3.8, 4) is 0 Å². The summed E-state index contributed by atoms with van der Waals surface area (Å²) >= 11 is 0. The number of carbonyl (C=O) groups is 12. The first-order valence-corrected chi connectivity index (χ1v) is 32.0. The molecule has 11 amide bonds. The molecule has 0 unspecified atom stereocenters. The predicted octanol–water partition coefficient (Wildman–Crippen LogP) is 4.03. The van der Waals surface area contributed by atoms with Crippen LogP contribution in [-0.2, 0) is 57.5 Å². The summed E-state index contributed by atoms with van der Waals surface area (Å²) in [4.78, 5) is 178. The number of nitrogens with zero attached hydrogens (tertiary/aromatic N) is 7. The van der Waals surface area contributed by atoms with Crippen LogP contribution in [0.2, 0.25) is 0 Å². The van der Waals surface area contributed by atoms with Crippen molar-refractivity contribution in [2.24, 2.45) is 41.4 Å². The van der Waals surface area contributed by atoms with E-state index in [2.05, 4.69) is 27.8 Å². The van der Waals surface area contributed by atoms with E-state index in [0.29, 0.717) is 6.42 Å². The van der Waals surface area contributed by atoms with Crippen LogP contribution in [0.1, 0.15) is 163 Å². The fraction of sp³-hybridized carbons (Fsp3) is 0.758. The largest absolute Gasteiger partial charge is 0.390 e. The second-order valence-electron chi connectivity index (χ2n) is 26.9. The number of hydrogen-bond acceptors (Lipinski definition) is 13. The van der Waals surface area contributed by atoms with Gasteiger partial charge in [-0.05, 0) is 114 Å². The molecule has 1 aliphatic rings. The Morgan fingerprint density at radius 1 is 0.511 bits per heavy atom. The molecule has 0 aromatic heterocycles. The van der Waals surface area contributed by atoms with Crippen molar-refractivity contribution in [1.29, 1.82) is 0 Å². The minimum atomic E-state index is -1.61. The maximum Gasteiger partial charge on any atom is 0.246 e. The molecular weight excluding hydrogens is 1150 g/mol. The number of allylic oxidation sites excluding steroid dienone is 3. The Hall–Kier alpha value is -6.72. The van der Waals surface area contributed by atoms with E-state index in [1.807, 2.05) is 61.5 Å². The van der Waals surface area contributed by atoms with Gasteiger partial charge in [0.1, 0.15) is 60.4 Å². The third kappa shape index (κ3) is 24.8. The summed E-state index contributed by atoms with van der Waals surface area (Å²) in [6, 6.07) is -12.3. The predicted molar refractivity (Wildman–Crippen MR) is 349 cm³/mol. The molecule has 514 valence electrons. The van der Waals surface area contributed by atoms with Crippen LogP contribution in [-0.4, -0.2) is 233 Å². The number of nitrogens with one attached hydrogen (secondary N) is 4. The Labute approximate surface area is 538 Å². The van der Waals surface area contributed by atoms with Gasteiger partial charge in [-0.2, -0.15) is 0 Å². The molecule has 1 fully saturated rings. The van der Waals surface area contributed by atoms with Crippen LogP contribution in [0.4, 0.5) is 0 Å². The van der Waals surface area contributed by atoms with Gasteiger partial charge in [0.25, 0.3) is 0 Å². The Morgan fingerprint density at radius 2 is 0.911 bits per heavy atom. The molecule has 0 aromatic rings. The second-order valence-corrected chi connectivity index (χ2v) is 26.9. The smallest absolute Gasteiger partial charge is 0.246 e. The highest BCUT2D eigenvalue weighted by molar-refractivity contribution is 5.99. The number of amides is 11. The second kappa shape index (κ2) is 38.9. The Bertz CT molecular complexity index is 2480. The molecule has 0 bridgehead atoms. The first-order valence-electron chi connectivity index (χ1n) is 32.0. The molecule has 12 atom stereocenters. The van der Waals surface area contributed by atoms with E-state index in [9.17, 15) is 53.1 Å². The maximum absolute atomic E-state index is 15.1. The number of hydrogen-bond donors (Lipinski definition) is 5. The van der Waals surface area contributed by atoms with Crippen molar-refractivity contribution < 1.29 is 62.6 Å². The minimum Gasteiger partial charge on any atom is -0.390 e. The molecule has 24 heteroatoms. The topological polar surface area (TPSA) is 296 Å². The van der Waals surface area contributed by atoms with Crippen molar-refractivity contribution in [2.45, 2.75) is 230 Å². The maximum atomic E-state index is 15.1. The van der Waals surface area contributed by atoms with Gasteiger partial charge in [0.2, 0.25) is 65.0 Å². The van der Waals surface area contributed by atoms with Gasteiger partial charge in [0.15, 0.2) is 5.78 Å². The summed E-state index contributed by atoms with van der Waals surface area (Å²) in [6.45, 7) is 34.0. The highest BCUT2D eigenvalue weighted by atomic mass is 16.3. The van der Waals surface area contributed by atoms with E-state index in [0.717, 1.165) is 9.80 Å². The van der Waals surface area contributed by atoms with E-state index >= 15 is 9.59 Å². The number of rotatable bonds is 16. The SMILES string of the molecule is C/C=C/C[C@@H](C)[C@@H](O)[C@H]1C(=O)N[C@@H](CC)C(=O)N(C)CC(=O)N(C)[C@@H](CC(C)C)C(=O)N[C@@H](C(C)C)C(=O)N(C)[C@@H](CC(C)C)C(=O)N[C@@H](C)C(=O)N[C@H](C)C(=O)N(C)[C@@H](CC(C)C)C(=O)N(C)[C@@H](CC(C)C)C(=O)N(C)[C@@H](C(C)C)C(=O)N1C.C=CC(C)=O. The van der Waals surface area contributed by atoms with Crippen LogP contribution in [0.3, 0.4) is 0 Å². The summed E-state index contributed by atoms with van der Waals surface area (Å²) in [7, 11) is 9.92. The lowest BCUT2D eigenvalue weighted by molar-refractivity contribution is -0.157. The highest BCUT2D eigenvalue weighted by Crippen LogP contribution is 2.26. The van der Waals surface area contributed by atoms with Gasteiger partial charge in [-0.25, -0.2) is 0 Å². The van der Waals surface area contributed by atoms with Crippen molar-refractivity contribution in [3.63, 3.8) is 0 Å². The zero-order chi connectivity index (χ0) is 70.3. The summed E-state index contributed by atoms with van der Waals surface area (Å²) in [5, 5.41) is 23.1. The summed E-state index contributed by atoms with van der Waals surface area (Å²) in [5.41, 5.74) is 0. The van der Waals surface area contributed by atoms with Crippen LogP contribution in [0, 0.1) is 41.4 Å². The Balaban J connectivity index is 0.0000152. The normalized spacial score (nSPS) is 25.8. The number of aliphatic hydroxyl groups is 1. The molecule has 1 aliphatic heterocycles. The molecule has 0 aromatic carbocycles. The van der Waals surface area contributed by atoms with Crippen LogP contribution in [0.25, 0.3) is 0 Å². The van der Waals surface area contributed by atoms with E-state index in [1.54, 1.807) is 54.5 Å². The number of ketones is 1. The molecule has 90 heavy (non-hydrogen) atoms. The van der Waals surface area contributed by atoms with Crippen LogP contribution < -0.4 is 21.3 Å². The lowest BCUT2D eigenvalue weighted by Gasteiger charge is -2.41. The van der Waals surface area contributed by atoms with Crippen LogP contribution >= 0.6 is 0 Å². The lowest BCUT2D eigenvalue weighted by Crippen LogP contribution is -2.63. The monoisotopic (exact) mass is 1270 g/mol. The van der Waals surface area contributed by atoms with E-state index < -0.39 is 156 Å². The van der Waals surface area contributed by atoms with Gasteiger partial charge < -0.3 is 60.7 Å². The fourth-order valence-corrected chi connectivity index (χ4v) is 10.7. The van der Waals surface area contributed by atoms with Crippen molar-refractivity contribution in [2.75, 3.05) is 55.9 Å². The quantitative estimate of drug-likeness (QED) is 0.108. The average Bonchev–Trinajstić information content (AvgIpc) is 1.09. The Kier molecular flexibility index (Phi) is 36.0. The summed E-state index contributed by atoms with van der Waals surface area (Å²) in [5.74, 6) is -9.69. The standard InChI is InChI=1S/C62H111N11O12.C4H6O/c1-25-27-28-40(15)52(75)51-56(79)65-43(26-2)58(81)67(18)33-48(74)68(19)44(29-34(3)4)55(78)66-49(38(11)12)61(84)69(20)45(30-35(5)6)54(77)63-41(16)53(76)64-42(17)57(80)70(21)46(31-36(7)8)59(82)71(22)47(32-37(9)10)60(83)72(23)50(39(13)14)62(85)73(51)24;1-3-4(2)5/h25,27,34-47,49-52,75H,26,28-33H2,1-24H3,(H,63,77)(H,64,76)(H,65,79)(H,66,78);3H,1H2,2H3/b27-25+;/t40-,41+,42-,43+,44+,45+,46+,47+,49+,50+,51+,52-;/m1./s1. The van der Waals surface area contributed by atoms with Gasteiger partial charge in [-0.15, -0.1) is 0 Å². The van der Waals surface area contributed by atoms with Gasteiger partial charge >= 0.3 is 0 Å². The molecule has 1 saturated heterocycles. The molecule has 0 aliphatic carbocycles. The van der Waals surface area contributed by atoms with Gasteiger partial charge in [0.05, 0.1) is 12.6 Å². The summed E-state index contributed by atoms with van der Waals surface area (Å²) < 4.78 is 0. The summed E-state index contributed by atoms with van der Waals surface area (Å²) in [6.07, 6.45) is 4.32. The zero-order valence-electron chi connectivity index (χ0n) is 59.3. The first kappa shape index (κ1) is 83.3. The lowest BCUT2D eigenvalue weighted by atomic mass is 9.91. The fourth-order valence-electron chi connectivity index (χ4n) is 10.7. The highest BCUT2D eigenvalue weighted by Gasteiger charge is 2.45. The first-order chi connectivity index (χ1) is 41.5. The molecule has 24 nitrogen and oxygen atoms in total. The van der Waals surface area contributed by atoms with E-state index in [1.165, 1.54) is 101 Å². The molecule has 0 radical (unpaired) electrons. The Morgan fingerprint density at radius 3 is 1.33 bits per heavy atom. The molecule has 5 N–H and O–H groups in total. The van der Waals surface area contributed by atoms with Crippen molar-refractivity contribution >= 4 is 70.8 Å². The number of carbonyl (C=O) groups excluding carboxylic acids is 12. The number of likely N-dealkylation sites (N-methyl/N-ethyl adjacent to an activating group) is 7. The van der Waals surface area contributed by atoms with Gasteiger partial charge in [-0.3, -0.25) is 57.5 Å². The third-order valence-electron chi connectivity index (χ3n) is 16.4. The average molecular weight is 1270 g/mol. The molecule has 1 heterocycles. The molecule has 1 rings (SSSR count). The van der Waals surface area contributed by atoms with Gasteiger partial charge in [-0.1, -0.05) is 116 Å². The van der Waals surface area contributed by atoms with Crippen molar-refractivity contribution in [3.05, 3.63) is 24.8 Å². The van der Waals surface area contributed by atoms with Crippen LogP contribution in [0.15, 0.2) is 24.8 Å². The zero-order valence-corrected chi connectivity index (χ0v) is 59.3. The van der Waals surface area contributed by atoms with Crippen molar-refractivity contribution in [1.82, 2.24) is 55.6 Å². The van der Waals surface area contributed by atoms with E-state index in [-0.39, 0.29) is 61.6 Å². The molecular formula is C66H117N11O13. The van der Waals surface area contributed by atoms with Crippen LogP contribution in [0.5, 0.6) is 0 Å².